The molecule has 0 bridgehead atoms. The zero-order valence-electron chi connectivity index (χ0n) is 7.58. The van der Waals surface area contributed by atoms with Crippen LogP contribution >= 0.6 is 0 Å². The highest BCUT2D eigenvalue weighted by Gasteiger charge is 2.06. The Morgan fingerprint density at radius 2 is 2.25 bits per heavy atom. The first-order chi connectivity index (χ1) is 5.77. The van der Waals surface area contributed by atoms with Crippen LogP contribution in [-0.4, -0.2) is 7.11 Å². The lowest BCUT2D eigenvalue weighted by atomic mass is 10.1. The van der Waals surface area contributed by atoms with Gasteiger partial charge in [0.05, 0.1) is 6.10 Å². The van der Waals surface area contributed by atoms with Crippen LogP contribution in [0, 0.1) is 0 Å². The van der Waals surface area contributed by atoms with Crippen molar-refractivity contribution in [1.29, 1.82) is 0 Å². The molecule has 0 saturated heterocycles. The normalized spacial score (nSPS) is 12.8. The summed E-state index contributed by atoms with van der Waals surface area (Å²) in [7, 11) is 1.72. The summed E-state index contributed by atoms with van der Waals surface area (Å²) >= 11 is 0. The maximum Gasteiger partial charge on any atom is 0.0819 e. The average Bonchev–Trinajstić information content (AvgIpc) is 2.07. The molecule has 1 aromatic carbocycles. The summed E-state index contributed by atoms with van der Waals surface area (Å²) in [6, 6.07) is 7.82. The van der Waals surface area contributed by atoms with Crippen LogP contribution in [0.5, 0.6) is 0 Å². The van der Waals surface area contributed by atoms with E-state index in [1.165, 1.54) is 0 Å². The average molecular weight is 165 g/mol. The smallest absolute Gasteiger partial charge is 0.0819 e. The molecule has 1 rings (SSSR count). The van der Waals surface area contributed by atoms with E-state index < -0.39 is 0 Å². The quantitative estimate of drug-likeness (QED) is 0.698. The summed E-state index contributed by atoms with van der Waals surface area (Å²) in [6.07, 6.45) is 1.15. The fraction of sp³-hybridized carbons (Fsp3) is 0.400. The SMILES string of the molecule is CC[C@H](OC)c1cccc(N)c1. The molecule has 2 nitrogen and oxygen atoms in total. The van der Waals surface area contributed by atoms with Crippen molar-refractivity contribution in [2.45, 2.75) is 19.4 Å². The second kappa shape index (κ2) is 4.12. The molecule has 0 unspecified atom stereocenters. The van der Waals surface area contributed by atoms with E-state index in [4.69, 9.17) is 10.5 Å². The van der Waals surface area contributed by atoms with Gasteiger partial charge in [0.2, 0.25) is 0 Å². The van der Waals surface area contributed by atoms with Crippen molar-refractivity contribution in [3.05, 3.63) is 29.8 Å². The van der Waals surface area contributed by atoms with Gasteiger partial charge in [-0.3, -0.25) is 0 Å². The Labute approximate surface area is 73.3 Å². The summed E-state index contributed by atoms with van der Waals surface area (Å²) in [5.41, 5.74) is 7.60. The number of rotatable bonds is 3. The highest BCUT2D eigenvalue weighted by atomic mass is 16.5. The molecular formula is C10H15NO. The summed E-state index contributed by atoms with van der Waals surface area (Å²) < 4.78 is 5.28. The molecule has 0 saturated carbocycles. The van der Waals surface area contributed by atoms with Crippen LogP contribution in [0.2, 0.25) is 0 Å². The molecule has 2 heteroatoms. The largest absolute Gasteiger partial charge is 0.399 e. The van der Waals surface area contributed by atoms with Crippen molar-refractivity contribution >= 4 is 5.69 Å². The molecule has 0 radical (unpaired) electrons. The highest BCUT2D eigenvalue weighted by Crippen LogP contribution is 2.21. The first-order valence-electron chi connectivity index (χ1n) is 4.16. The highest BCUT2D eigenvalue weighted by molar-refractivity contribution is 5.41. The van der Waals surface area contributed by atoms with Crippen molar-refractivity contribution < 1.29 is 4.74 Å². The monoisotopic (exact) mass is 165 g/mol. The first-order valence-corrected chi connectivity index (χ1v) is 4.16. The fourth-order valence-corrected chi connectivity index (χ4v) is 1.30. The number of hydrogen-bond donors (Lipinski definition) is 1. The van der Waals surface area contributed by atoms with E-state index >= 15 is 0 Å². The zero-order chi connectivity index (χ0) is 8.97. The van der Waals surface area contributed by atoms with E-state index in [2.05, 4.69) is 6.92 Å². The molecule has 0 aromatic heterocycles. The van der Waals surface area contributed by atoms with Gasteiger partial charge in [-0.15, -0.1) is 0 Å². The minimum atomic E-state index is 0.175. The number of nitrogens with two attached hydrogens (primary N) is 1. The number of nitrogen functional groups attached to an aromatic ring is 1. The number of benzene rings is 1. The minimum absolute atomic E-state index is 0.175. The number of methoxy groups -OCH3 is 1. The van der Waals surface area contributed by atoms with Gasteiger partial charge in [0.25, 0.3) is 0 Å². The van der Waals surface area contributed by atoms with Crippen LogP contribution in [-0.2, 0) is 4.74 Å². The molecule has 2 N–H and O–H groups in total. The van der Waals surface area contributed by atoms with Crippen molar-refractivity contribution in [3.63, 3.8) is 0 Å². The van der Waals surface area contributed by atoms with E-state index in [9.17, 15) is 0 Å². The van der Waals surface area contributed by atoms with Gasteiger partial charge in [-0.2, -0.15) is 0 Å². The molecule has 0 heterocycles. The van der Waals surface area contributed by atoms with E-state index in [0.717, 1.165) is 17.7 Å². The van der Waals surface area contributed by atoms with Crippen molar-refractivity contribution in [1.82, 2.24) is 0 Å². The van der Waals surface area contributed by atoms with Crippen LogP contribution in [0.4, 0.5) is 5.69 Å². The Morgan fingerprint density at radius 1 is 1.50 bits per heavy atom. The number of ether oxygens (including phenoxy) is 1. The Morgan fingerprint density at radius 3 is 2.75 bits per heavy atom. The van der Waals surface area contributed by atoms with Crippen LogP contribution < -0.4 is 5.73 Å². The molecule has 0 aliphatic rings. The molecular weight excluding hydrogens is 150 g/mol. The van der Waals surface area contributed by atoms with Gasteiger partial charge in [-0.05, 0) is 24.1 Å². The molecule has 1 atom stereocenters. The second-order valence-corrected chi connectivity index (χ2v) is 2.80. The van der Waals surface area contributed by atoms with Crippen molar-refractivity contribution in [3.8, 4) is 0 Å². The van der Waals surface area contributed by atoms with Gasteiger partial charge < -0.3 is 10.5 Å². The van der Waals surface area contributed by atoms with Gasteiger partial charge in [0, 0.05) is 12.8 Å². The lowest BCUT2D eigenvalue weighted by Crippen LogP contribution is -2.00. The van der Waals surface area contributed by atoms with Gasteiger partial charge in [0.1, 0.15) is 0 Å². The lowest BCUT2D eigenvalue weighted by Gasteiger charge is -2.13. The van der Waals surface area contributed by atoms with Crippen molar-refractivity contribution in [2.75, 3.05) is 12.8 Å². The fourth-order valence-electron chi connectivity index (χ4n) is 1.30. The van der Waals surface area contributed by atoms with Crippen molar-refractivity contribution in [2.24, 2.45) is 0 Å². The van der Waals surface area contributed by atoms with Gasteiger partial charge in [-0.25, -0.2) is 0 Å². The topological polar surface area (TPSA) is 35.2 Å². The molecule has 0 amide bonds. The van der Waals surface area contributed by atoms with E-state index in [1.807, 2.05) is 24.3 Å². The zero-order valence-corrected chi connectivity index (χ0v) is 7.58. The standard InChI is InChI=1S/C10H15NO/c1-3-10(12-2)8-5-4-6-9(11)7-8/h4-7,10H,3,11H2,1-2H3/t10-/m0/s1. The first kappa shape index (κ1) is 9.07. The van der Waals surface area contributed by atoms with Gasteiger partial charge in [0.15, 0.2) is 0 Å². The molecule has 1 aromatic rings. The third kappa shape index (κ3) is 1.98. The Hall–Kier alpha value is -1.02. The van der Waals surface area contributed by atoms with Crippen LogP contribution in [0.25, 0.3) is 0 Å². The van der Waals surface area contributed by atoms with Crippen LogP contribution in [0.3, 0.4) is 0 Å². The van der Waals surface area contributed by atoms with E-state index in [0.29, 0.717) is 0 Å². The molecule has 0 aliphatic carbocycles. The van der Waals surface area contributed by atoms with E-state index in [1.54, 1.807) is 7.11 Å². The summed E-state index contributed by atoms with van der Waals surface area (Å²) in [6.45, 7) is 2.09. The Balaban J connectivity index is 2.85. The molecule has 0 fully saturated rings. The van der Waals surface area contributed by atoms with Gasteiger partial charge in [-0.1, -0.05) is 19.1 Å². The third-order valence-corrected chi connectivity index (χ3v) is 1.94. The summed E-state index contributed by atoms with van der Waals surface area (Å²) in [4.78, 5) is 0. The summed E-state index contributed by atoms with van der Waals surface area (Å²) in [5.74, 6) is 0. The predicted molar refractivity (Wildman–Crippen MR) is 50.9 cm³/mol. The maximum absolute atomic E-state index is 5.65. The molecule has 12 heavy (non-hydrogen) atoms. The third-order valence-electron chi connectivity index (χ3n) is 1.94. The lowest BCUT2D eigenvalue weighted by molar-refractivity contribution is 0.100. The molecule has 0 spiro atoms. The minimum Gasteiger partial charge on any atom is -0.399 e. The number of anilines is 1. The van der Waals surface area contributed by atoms with Gasteiger partial charge >= 0.3 is 0 Å². The predicted octanol–water partition coefficient (Wildman–Crippen LogP) is 2.37. The maximum atomic E-state index is 5.65. The Bertz CT molecular complexity index is 243. The summed E-state index contributed by atoms with van der Waals surface area (Å²) in [5, 5.41) is 0. The van der Waals surface area contributed by atoms with Crippen LogP contribution in [0.1, 0.15) is 25.0 Å². The number of hydrogen-bond acceptors (Lipinski definition) is 2. The second-order valence-electron chi connectivity index (χ2n) is 2.80. The Kier molecular flexibility index (Phi) is 3.11. The molecule has 66 valence electrons. The molecule has 0 aliphatic heterocycles. The van der Waals surface area contributed by atoms with Crippen LogP contribution in [0.15, 0.2) is 24.3 Å². The van der Waals surface area contributed by atoms with E-state index in [-0.39, 0.29) is 6.10 Å².